The first kappa shape index (κ1) is 21.6. The highest BCUT2D eigenvalue weighted by atomic mass is 16.6. The van der Waals surface area contributed by atoms with Crippen LogP contribution >= 0.6 is 0 Å². The van der Waals surface area contributed by atoms with Crippen molar-refractivity contribution in [2.75, 3.05) is 25.6 Å². The van der Waals surface area contributed by atoms with E-state index < -0.39 is 18.5 Å². The van der Waals surface area contributed by atoms with Gasteiger partial charge in [0.1, 0.15) is 5.75 Å². The lowest BCUT2D eigenvalue weighted by Crippen LogP contribution is -2.24. The Hall–Kier alpha value is -3.68. The number of esters is 1. The van der Waals surface area contributed by atoms with Gasteiger partial charge in [0.25, 0.3) is 11.8 Å². The molecule has 2 aromatic carbocycles. The number of hydrogen-bond donors (Lipinski definition) is 2. The number of carbonyl (C=O) groups is 4. The molecule has 0 aliphatic rings. The quantitative estimate of drug-likeness (QED) is 0.495. The van der Waals surface area contributed by atoms with Crippen molar-refractivity contribution in [2.45, 2.75) is 13.3 Å². The molecule has 2 aromatic rings. The van der Waals surface area contributed by atoms with Gasteiger partial charge in [-0.05, 0) is 42.5 Å². The first-order chi connectivity index (χ1) is 13.9. The van der Waals surface area contributed by atoms with E-state index in [0.717, 1.165) is 0 Å². The molecule has 0 aromatic heterocycles. The maximum atomic E-state index is 11.9. The van der Waals surface area contributed by atoms with E-state index in [1.807, 2.05) is 0 Å². The maximum Gasteiger partial charge on any atom is 0.344 e. The van der Waals surface area contributed by atoms with E-state index >= 15 is 0 Å². The number of carbonyl (C=O) groups excluding carboxylic acids is 4. The molecule has 0 atom stereocenters. The molecule has 0 bridgehead atoms. The van der Waals surface area contributed by atoms with Gasteiger partial charge in [-0.1, -0.05) is 13.0 Å². The van der Waals surface area contributed by atoms with Gasteiger partial charge in [0.2, 0.25) is 0 Å². The van der Waals surface area contributed by atoms with Gasteiger partial charge in [-0.15, -0.1) is 0 Å². The summed E-state index contributed by atoms with van der Waals surface area (Å²) in [5.41, 5.74) is 1.37. The minimum absolute atomic E-state index is 0.0165. The lowest BCUT2D eigenvalue weighted by Gasteiger charge is -2.09. The van der Waals surface area contributed by atoms with Gasteiger partial charge in [0.05, 0.1) is 0 Å². The zero-order valence-electron chi connectivity index (χ0n) is 16.2. The van der Waals surface area contributed by atoms with Crippen LogP contribution in [0.5, 0.6) is 5.75 Å². The fraction of sp³-hybridized carbons (Fsp3) is 0.238. The van der Waals surface area contributed by atoms with Crippen molar-refractivity contribution in [3.8, 4) is 5.75 Å². The average Bonchev–Trinajstić information content (AvgIpc) is 2.75. The van der Waals surface area contributed by atoms with E-state index in [1.54, 1.807) is 49.4 Å². The molecular formula is C21H22N2O6. The molecule has 8 nitrogen and oxygen atoms in total. The normalized spacial score (nSPS) is 10.0. The fourth-order valence-electron chi connectivity index (χ4n) is 2.35. The monoisotopic (exact) mass is 398 g/mol. The Morgan fingerprint density at radius 3 is 2.31 bits per heavy atom. The summed E-state index contributed by atoms with van der Waals surface area (Å²) in [6.07, 6.45) is 0.407. The molecule has 2 rings (SSSR count). The van der Waals surface area contributed by atoms with Crippen LogP contribution in [-0.2, 0) is 14.3 Å². The largest absolute Gasteiger partial charge is 0.482 e. The number of anilines is 1. The molecule has 152 valence electrons. The van der Waals surface area contributed by atoms with Crippen molar-refractivity contribution >= 4 is 29.3 Å². The average molecular weight is 398 g/mol. The van der Waals surface area contributed by atoms with Gasteiger partial charge < -0.3 is 20.1 Å². The summed E-state index contributed by atoms with van der Waals surface area (Å²) in [4.78, 5) is 46.8. The summed E-state index contributed by atoms with van der Waals surface area (Å²) in [5.74, 6) is -1.12. The minimum atomic E-state index is -0.715. The van der Waals surface area contributed by atoms with E-state index in [4.69, 9.17) is 9.47 Å². The van der Waals surface area contributed by atoms with Crippen LogP contribution in [0.4, 0.5) is 5.69 Å². The van der Waals surface area contributed by atoms with Crippen LogP contribution < -0.4 is 15.4 Å². The number of ether oxygens (including phenoxy) is 2. The number of ketones is 1. The van der Waals surface area contributed by atoms with E-state index in [-0.39, 0.29) is 18.3 Å². The Morgan fingerprint density at radius 2 is 1.66 bits per heavy atom. The van der Waals surface area contributed by atoms with Crippen molar-refractivity contribution in [2.24, 2.45) is 0 Å². The standard InChI is InChI=1S/C21H22N2O6/c1-3-18(24)14-7-9-17(10-8-14)28-13-20(26)29-12-19(25)23-16-6-4-5-15(11-16)21(27)22-2/h4-11H,3,12-13H2,1-2H3,(H,22,27)(H,23,25). The maximum absolute atomic E-state index is 11.9. The number of amides is 2. The molecule has 0 aliphatic heterocycles. The zero-order chi connectivity index (χ0) is 21.2. The molecule has 0 unspecified atom stereocenters. The molecule has 29 heavy (non-hydrogen) atoms. The molecule has 0 saturated carbocycles. The second-order valence-corrected chi connectivity index (χ2v) is 5.96. The summed E-state index contributed by atoms with van der Waals surface area (Å²) >= 11 is 0. The van der Waals surface area contributed by atoms with Gasteiger partial charge in [0, 0.05) is 30.3 Å². The minimum Gasteiger partial charge on any atom is -0.482 e. The van der Waals surface area contributed by atoms with Crippen molar-refractivity contribution in [3.05, 3.63) is 59.7 Å². The van der Waals surface area contributed by atoms with Gasteiger partial charge in [-0.3, -0.25) is 14.4 Å². The summed E-state index contributed by atoms with van der Waals surface area (Å²) in [7, 11) is 1.51. The molecule has 0 heterocycles. The molecular weight excluding hydrogens is 376 g/mol. The molecule has 8 heteroatoms. The molecule has 2 N–H and O–H groups in total. The Balaban J connectivity index is 1.76. The van der Waals surface area contributed by atoms with Gasteiger partial charge in [-0.2, -0.15) is 0 Å². The third-order valence-electron chi connectivity index (χ3n) is 3.85. The number of rotatable bonds is 9. The lowest BCUT2D eigenvalue weighted by molar-refractivity contribution is -0.149. The first-order valence-electron chi connectivity index (χ1n) is 8.96. The first-order valence-corrected chi connectivity index (χ1v) is 8.96. The molecule has 0 fully saturated rings. The predicted molar refractivity (Wildman–Crippen MR) is 106 cm³/mol. The van der Waals surface area contributed by atoms with E-state index in [2.05, 4.69) is 10.6 Å². The van der Waals surface area contributed by atoms with Crippen LogP contribution in [0.3, 0.4) is 0 Å². The molecule has 0 aliphatic carbocycles. The number of benzene rings is 2. The highest BCUT2D eigenvalue weighted by Gasteiger charge is 2.11. The van der Waals surface area contributed by atoms with Crippen molar-refractivity contribution < 1.29 is 28.7 Å². The van der Waals surface area contributed by atoms with Crippen molar-refractivity contribution in [1.82, 2.24) is 5.32 Å². The van der Waals surface area contributed by atoms with Crippen LogP contribution in [-0.4, -0.2) is 43.8 Å². The Kier molecular flexibility index (Phi) is 7.90. The summed E-state index contributed by atoms with van der Waals surface area (Å²) < 4.78 is 10.1. The highest BCUT2D eigenvalue weighted by Crippen LogP contribution is 2.14. The third kappa shape index (κ3) is 6.76. The van der Waals surface area contributed by atoms with Crippen LogP contribution in [0.25, 0.3) is 0 Å². The van der Waals surface area contributed by atoms with Crippen LogP contribution in [0.15, 0.2) is 48.5 Å². The Morgan fingerprint density at radius 1 is 0.931 bits per heavy atom. The van der Waals surface area contributed by atoms with Crippen molar-refractivity contribution in [3.63, 3.8) is 0 Å². The highest BCUT2D eigenvalue weighted by molar-refractivity contribution is 5.97. The van der Waals surface area contributed by atoms with E-state index in [1.165, 1.54) is 13.1 Å². The second kappa shape index (κ2) is 10.6. The van der Waals surface area contributed by atoms with E-state index in [0.29, 0.717) is 29.0 Å². The molecule has 0 radical (unpaired) electrons. The van der Waals surface area contributed by atoms with E-state index in [9.17, 15) is 19.2 Å². The molecule has 2 amide bonds. The Bertz CT molecular complexity index is 892. The fourth-order valence-corrected chi connectivity index (χ4v) is 2.35. The summed E-state index contributed by atoms with van der Waals surface area (Å²) in [6.45, 7) is 0.911. The SMILES string of the molecule is CCC(=O)c1ccc(OCC(=O)OCC(=O)Nc2cccc(C(=O)NC)c2)cc1. The zero-order valence-corrected chi connectivity index (χ0v) is 16.2. The van der Waals surface area contributed by atoms with Gasteiger partial charge in [0.15, 0.2) is 19.0 Å². The molecule has 0 spiro atoms. The predicted octanol–water partition coefficient (Wildman–Crippen LogP) is 2.20. The summed E-state index contributed by atoms with van der Waals surface area (Å²) in [5, 5.41) is 5.03. The van der Waals surface area contributed by atoms with Crippen molar-refractivity contribution in [1.29, 1.82) is 0 Å². The lowest BCUT2D eigenvalue weighted by atomic mass is 10.1. The second-order valence-electron chi connectivity index (χ2n) is 5.96. The summed E-state index contributed by atoms with van der Waals surface area (Å²) in [6, 6.07) is 12.8. The van der Waals surface area contributed by atoms with Gasteiger partial charge in [-0.25, -0.2) is 4.79 Å². The smallest absolute Gasteiger partial charge is 0.344 e. The van der Waals surface area contributed by atoms with Gasteiger partial charge >= 0.3 is 5.97 Å². The number of hydrogen-bond acceptors (Lipinski definition) is 6. The third-order valence-corrected chi connectivity index (χ3v) is 3.85. The Labute approximate surface area is 168 Å². The van der Waals surface area contributed by atoms with Crippen LogP contribution in [0.1, 0.15) is 34.1 Å². The van der Waals surface area contributed by atoms with Crippen LogP contribution in [0.2, 0.25) is 0 Å². The number of Topliss-reactive ketones (excluding diaryl/α,β-unsaturated/α-hetero) is 1. The van der Waals surface area contributed by atoms with Crippen LogP contribution in [0, 0.1) is 0 Å². The topological polar surface area (TPSA) is 111 Å². The number of nitrogens with one attached hydrogen (secondary N) is 2. The molecule has 0 saturated heterocycles.